The molecule has 3 nitrogen and oxygen atoms in total. The van der Waals surface area contributed by atoms with E-state index in [2.05, 4.69) is 0 Å². The maximum absolute atomic E-state index is 12.6. The van der Waals surface area contributed by atoms with E-state index in [4.69, 9.17) is 9.47 Å². The van der Waals surface area contributed by atoms with Crippen molar-refractivity contribution in [3.8, 4) is 0 Å². The zero-order valence-electron chi connectivity index (χ0n) is 8.27. The molecule has 0 N–H and O–H groups in total. The van der Waals surface area contributed by atoms with Crippen LogP contribution in [0.15, 0.2) is 24.3 Å². The Kier molecular flexibility index (Phi) is 2.68. The van der Waals surface area contributed by atoms with E-state index in [-0.39, 0.29) is 17.9 Å². The van der Waals surface area contributed by atoms with E-state index < -0.39 is 6.10 Å². The minimum atomic E-state index is -0.518. The van der Waals surface area contributed by atoms with Gasteiger partial charge in [-0.25, -0.2) is 9.18 Å². The Morgan fingerprint density at radius 2 is 2.13 bits per heavy atom. The average molecular weight is 210 g/mol. The van der Waals surface area contributed by atoms with Gasteiger partial charge in [0.2, 0.25) is 0 Å². The first kappa shape index (κ1) is 10.1. The van der Waals surface area contributed by atoms with Gasteiger partial charge in [0.15, 0.2) is 6.10 Å². The van der Waals surface area contributed by atoms with Gasteiger partial charge in [-0.1, -0.05) is 12.1 Å². The Morgan fingerprint density at radius 3 is 2.73 bits per heavy atom. The van der Waals surface area contributed by atoms with Crippen molar-refractivity contribution < 1.29 is 18.7 Å². The third-order valence-corrected chi connectivity index (χ3v) is 2.21. The fourth-order valence-electron chi connectivity index (χ4n) is 1.42. The lowest BCUT2D eigenvalue weighted by Crippen LogP contribution is -2.11. The van der Waals surface area contributed by atoms with Gasteiger partial charge in [0.05, 0.1) is 6.61 Å². The van der Waals surface area contributed by atoms with Crippen LogP contribution in [0.4, 0.5) is 4.39 Å². The Balaban J connectivity index is 1.98. The molecule has 1 aromatic rings. The molecule has 0 radical (unpaired) electrons. The van der Waals surface area contributed by atoms with Crippen LogP contribution in [-0.2, 0) is 14.3 Å². The molecule has 1 heterocycles. The highest BCUT2D eigenvalue weighted by Gasteiger charge is 2.47. The third-order valence-electron chi connectivity index (χ3n) is 2.21. The third kappa shape index (κ3) is 2.15. The van der Waals surface area contributed by atoms with Crippen LogP contribution in [0.5, 0.6) is 0 Å². The SMILES string of the molecule is CCOC(=O)C1OC1c1ccc(F)cc1. The Hall–Kier alpha value is -1.42. The number of benzene rings is 1. The van der Waals surface area contributed by atoms with Crippen molar-refractivity contribution in [1.29, 1.82) is 0 Å². The smallest absolute Gasteiger partial charge is 0.338 e. The summed E-state index contributed by atoms with van der Waals surface area (Å²) < 4.78 is 22.6. The number of halogens is 1. The molecule has 4 heteroatoms. The van der Waals surface area contributed by atoms with Crippen molar-refractivity contribution >= 4 is 5.97 Å². The average Bonchev–Trinajstić information content (AvgIpc) is 2.99. The Labute approximate surface area is 86.8 Å². The fourth-order valence-corrected chi connectivity index (χ4v) is 1.42. The highest BCUT2D eigenvalue weighted by Crippen LogP contribution is 2.39. The molecule has 80 valence electrons. The Morgan fingerprint density at radius 1 is 1.47 bits per heavy atom. The van der Waals surface area contributed by atoms with Crippen LogP contribution in [0.3, 0.4) is 0 Å². The van der Waals surface area contributed by atoms with Crippen molar-refractivity contribution in [3.63, 3.8) is 0 Å². The normalized spacial score (nSPS) is 23.6. The predicted molar refractivity (Wildman–Crippen MR) is 50.6 cm³/mol. The largest absolute Gasteiger partial charge is 0.464 e. The number of hydrogen-bond acceptors (Lipinski definition) is 3. The maximum atomic E-state index is 12.6. The number of rotatable bonds is 3. The quantitative estimate of drug-likeness (QED) is 0.564. The van der Waals surface area contributed by atoms with Crippen LogP contribution in [0.25, 0.3) is 0 Å². The van der Waals surface area contributed by atoms with Gasteiger partial charge in [0.1, 0.15) is 11.9 Å². The molecule has 2 unspecified atom stereocenters. The van der Waals surface area contributed by atoms with Crippen molar-refractivity contribution in [2.45, 2.75) is 19.1 Å². The summed E-state index contributed by atoms with van der Waals surface area (Å²) in [4.78, 5) is 11.2. The van der Waals surface area contributed by atoms with Gasteiger partial charge in [-0.3, -0.25) is 0 Å². The lowest BCUT2D eigenvalue weighted by molar-refractivity contribution is -0.144. The van der Waals surface area contributed by atoms with Gasteiger partial charge < -0.3 is 9.47 Å². The number of esters is 1. The van der Waals surface area contributed by atoms with Gasteiger partial charge >= 0.3 is 5.97 Å². The van der Waals surface area contributed by atoms with Gasteiger partial charge in [-0.2, -0.15) is 0 Å². The van der Waals surface area contributed by atoms with E-state index in [0.29, 0.717) is 6.61 Å². The number of ether oxygens (including phenoxy) is 2. The van der Waals surface area contributed by atoms with Crippen LogP contribution in [0.1, 0.15) is 18.6 Å². The van der Waals surface area contributed by atoms with Crippen LogP contribution < -0.4 is 0 Å². The lowest BCUT2D eigenvalue weighted by Gasteiger charge is -1.97. The summed E-state index contributed by atoms with van der Waals surface area (Å²) in [5.41, 5.74) is 0.800. The van der Waals surface area contributed by atoms with Gasteiger partial charge in [0.25, 0.3) is 0 Å². The molecule has 15 heavy (non-hydrogen) atoms. The first-order valence-corrected chi connectivity index (χ1v) is 4.80. The van der Waals surface area contributed by atoms with Gasteiger partial charge in [-0.15, -0.1) is 0 Å². The number of epoxide rings is 1. The minimum absolute atomic E-state index is 0.273. The summed E-state index contributed by atoms with van der Waals surface area (Å²) in [6, 6.07) is 5.91. The topological polar surface area (TPSA) is 38.8 Å². The van der Waals surface area contributed by atoms with Crippen LogP contribution in [0, 0.1) is 5.82 Å². The molecular formula is C11H11FO3. The number of carbonyl (C=O) groups is 1. The molecule has 0 saturated carbocycles. The van der Waals surface area contributed by atoms with E-state index in [1.807, 2.05) is 0 Å². The van der Waals surface area contributed by atoms with Gasteiger partial charge in [-0.05, 0) is 24.6 Å². The Bertz CT molecular complexity index is 361. The second kappa shape index (κ2) is 3.98. The van der Waals surface area contributed by atoms with Crippen molar-refractivity contribution in [1.82, 2.24) is 0 Å². The van der Waals surface area contributed by atoms with Crippen LogP contribution in [0.2, 0.25) is 0 Å². The van der Waals surface area contributed by atoms with Crippen LogP contribution in [-0.4, -0.2) is 18.7 Å². The van der Waals surface area contributed by atoms with Crippen molar-refractivity contribution in [2.24, 2.45) is 0 Å². The molecule has 1 saturated heterocycles. The van der Waals surface area contributed by atoms with Gasteiger partial charge in [0, 0.05) is 0 Å². The number of hydrogen-bond donors (Lipinski definition) is 0. The van der Waals surface area contributed by atoms with E-state index in [0.717, 1.165) is 5.56 Å². The fraction of sp³-hybridized carbons (Fsp3) is 0.364. The van der Waals surface area contributed by atoms with Crippen LogP contribution >= 0.6 is 0 Å². The van der Waals surface area contributed by atoms with Crippen molar-refractivity contribution in [3.05, 3.63) is 35.6 Å². The maximum Gasteiger partial charge on any atom is 0.338 e. The summed E-state index contributed by atoms with van der Waals surface area (Å²) >= 11 is 0. The second-order valence-electron chi connectivity index (χ2n) is 3.28. The summed E-state index contributed by atoms with van der Waals surface area (Å²) in [5, 5.41) is 0. The zero-order chi connectivity index (χ0) is 10.8. The number of carbonyl (C=O) groups excluding carboxylic acids is 1. The predicted octanol–water partition coefficient (Wildman–Crippen LogP) is 1.83. The monoisotopic (exact) mass is 210 g/mol. The molecule has 0 aromatic heterocycles. The standard InChI is InChI=1S/C11H11FO3/c1-2-14-11(13)10-9(15-10)7-3-5-8(12)6-4-7/h3-6,9-10H,2H2,1H3. The molecule has 1 aliphatic rings. The van der Waals surface area contributed by atoms with Crippen molar-refractivity contribution in [2.75, 3.05) is 6.61 Å². The molecule has 0 amide bonds. The molecule has 1 fully saturated rings. The van der Waals surface area contributed by atoms with E-state index in [9.17, 15) is 9.18 Å². The summed E-state index contributed by atoms with van der Waals surface area (Å²) in [6.07, 6.45) is -0.792. The minimum Gasteiger partial charge on any atom is -0.464 e. The van der Waals surface area contributed by atoms with E-state index in [1.54, 1.807) is 19.1 Å². The summed E-state index contributed by atoms with van der Waals surface area (Å²) in [5.74, 6) is -0.654. The van der Waals surface area contributed by atoms with E-state index in [1.165, 1.54) is 12.1 Å². The molecule has 0 spiro atoms. The highest BCUT2D eigenvalue weighted by atomic mass is 19.1. The molecule has 0 bridgehead atoms. The zero-order valence-corrected chi connectivity index (χ0v) is 8.27. The first-order valence-electron chi connectivity index (χ1n) is 4.80. The lowest BCUT2D eigenvalue weighted by atomic mass is 10.1. The molecule has 1 aromatic carbocycles. The molecule has 1 aliphatic heterocycles. The summed E-state index contributed by atoms with van der Waals surface area (Å²) in [7, 11) is 0. The molecule has 2 rings (SSSR count). The second-order valence-corrected chi connectivity index (χ2v) is 3.28. The van der Waals surface area contributed by atoms with E-state index >= 15 is 0 Å². The molecular weight excluding hydrogens is 199 g/mol. The molecule has 0 aliphatic carbocycles. The summed E-state index contributed by atoms with van der Waals surface area (Å²) in [6.45, 7) is 2.09. The first-order chi connectivity index (χ1) is 7.22. The molecule has 2 atom stereocenters. The highest BCUT2D eigenvalue weighted by molar-refractivity contribution is 5.78.